The average molecular weight is 637 g/mol. The molecule has 0 saturated heterocycles. The summed E-state index contributed by atoms with van der Waals surface area (Å²) >= 11 is 12.8. The molecule has 12 heteroatoms. The van der Waals surface area contributed by atoms with Crippen LogP contribution in [0.3, 0.4) is 0 Å². The second-order valence-corrected chi connectivity index (χ2v) is 12.6. The van der Waals surface area contributed by atoms with E-state index in [1.165, 1.54) is 43.4 Å². The Bertz CT molecular complexity index is 1510. The minimum Gasteiger partial charge on any atom is -0.493 e. The SMILES string of the molecule is COc1ccc(N(CC(=O)N(Cc2c(Cl)cccc2Cl)[C@H](C)C(=O)NC(C)C)S(=O)(=O)c2ccc(C)cc2)cc1OC. The molecular weight excluding hydrogens is 601 g/mol. The van der Waals surface area contributed by atoms with Gasteiger partial charge in [0.1, 0.15) is 12.6 Å². The molecule has 0 fully saturated rings. The topological polar surface area (TPSA) is 105 Å². The Kier molecular flexibility index (Phi) is 11.1. The maximum absolute atomic E-state index is 14.1. The first-order chi connectivity index (χ1) is 19.8. The van der Waals surface area contributed by atoms with Crippen LogP contribution >= 0.6 is 23.2 Å². The second kappa shape index (κ2) is 14.1. The minimum absolute atomic E-state index is 0.0121. The van der Waals surface area contributed by atoms with Gasteiger partial charge in [0, 0.05) is 34.3 Å². The van der Waals surface area contributed by atoms with Crippen LogP contribution in [0, 0.1) is 6.92 Å². The number of hydrogen-bond donors (Lipinski definition) is 1. The van der Waals surface area contributed by atoms with Gasteiger partial charge in [0.2, 0.25) is 11.8 Å². The lowest BCUT2D eigenvalue weighted by Crippen LogP contribution is -2.52. The number of carbonyl (C=O) groups excluding carboxylic acids is 2. The Morgan fingerprint density at radius 1 is 0.905 bits per heavy atom. The Morgan fingerprint density at radius 2 is 1.50 bits per heavy atom. The number of sulfonamides is 1. The number of hydrogen-bond acceptors (Lipinski definition) is 6. The molecule has 0 heterocycles. The Morgan fingerprint density at radius 3 is 2.05 bits per heavy atom. The van der Waals surface area contributed by atoms with Crippen LogP contribution in [-0.4, -0.2) is 58.0 Å². The van der Waals surface area contributed by atoms with Crippen molar-refractivity contribution < 1.29 is 27.5 Å². The number of carbonyl (C=O) groups is 2. The van der Waals surface area contributed by atoms with E-state index in [9.17, 15) is 18.0 Å². The van der Waals surface area contributed by atoms with Crippen molar-refractivity contribution in [2.75, 3.05) is 25.1 Å². The Hall–Kier alpha value is -3.47. The van der Waals surface area contributed by atoms with Gasteiger partial charge in [-0.15, -0.1) is 0 Å². The van der Waals surface area contributed by atoms with Crippen LogP contribution in [0.4, 0.5) is 5.69 Å². The molecule has 0 bridgehead atoms. The van der Waals surface area contributed by atoms with Gasteiger partial charge in [0.15, 0.2) is 11.5 Å². The highest BCUT2D eigenvalue weighted by molar-refractivity contribution is 7.92. The number of halogens is 2. The standard InChI is InChI=1S/C30H35Cl2N3O6S/c1-19(2)33-30(37)21(4)34(17-24-25(31)8-7-9-26(24)32)29(36)18-35(22-12-15-27(40-5)28(16-22)41-6)42(38,39)23-13-10-20(3)11-14-23/h7-16,19,21H,17-18H2,1-6H3,(H,33,37)/t21-/m1/s1. The van der Waals surface area contributed by atoms with E-state index in [2.05, 4.69) is 5.32 Å². The summed E-state index contributed by atoms with van der Waals surface area (Å²) in [5, 5.41) is 3.42. The smallest absolute Gasteiger partial charge is 0.264 e. The summed E-state index contributed by atoms with van der Waals surface area (Å²) in [5.74, 6) is -0.409. The third-order valence-electron chi connectivity index (χ3n) is 6.53. The van der Waals surface area contributed by atoms with Crippen molar-refractivity contribution in [3.05, 3.63) is 81.8 Å². The van der Waals surface area contributed by atoms with E-state index in [-0.39, 0.29) is 28.9 Å². The molecule has 3 aromatic rings. The minimum atomic E-state index is -4.26. The van der Waals surface area contributed by atoms with Gasteiger partial charge < -0.3 is 19.7 Å². The highest BCUT2D eigenvalue weighted by Gasteiger charge is 2.33. The predicted molar refractivity (Wildman–Crippen MR) is 165 cm³/mol. The lowest BCUT2D eigenvalue weighted by Gasteiger charge is -2.32. The lowest BCUT2D eigenvalue weighted by atomic mass is 10.1. The van der Waals surface area contributed by atoms with Gasteiger partial charge in [0.25, 0.3) is 10.0 Å². The monoisotopic (exact) mass is 635 g/mol. The van der Waals surface area contributed by atoms with E-state index < -0.39 is 34.4 Å². The molecule has 0 saturated carbocycles. The van der Waals surface area contributed by atoms with Crippen LogP contribution in [0.25, 0.3) is 0 Å². The number of nitrogens with zero attached hydrogens (tertiary/aromatic N) is 2. The molecule has 0 aliphatic heterocycles. The van der Waals surface area contributed by atoms with Gasteiger partial charge in [-0.2, -0.15) is 0 Å². The molecule has 42 heavy (non-hydrogen) atoms. The molecule has 1 N–H and O–H groups in total. The first-order valence-corrected chi connectivity index (χ1v) is 15.3. The van der Waals surface area contributed by atoms with Gasteiger partial charge in [-0.1, -0.05) is 47.0 Å². The van der Waals surface area contributed by atoms with Gasteiger partial charge >= 0.3 is 0 Å². The third-order valence-corrected chi connectivity index (χ3v) is 9.03. The fourth-order valence-electron chi connectivity index (χ4n) is 4.19. The summed E-state index contributed by atoms with van der Waals surface area (Å²) in [6.07, 6.45) is 0. The van der Waals surface area contributed by atoms with Crippen LogP contribution in [0.5, 0.6) is 11.5 Å². The summed E-state index contributed by atoms with van der Waals surface area (Å²) in [6.45, 7) is 6.24. The first kappa shape index (κ1) is 33.0. The first-order valence-electron chi connectivity index (χ1n) is 13.1. The van der Waals surface area contributed by atoms with E-state index in [1.807, 2.05) is 6.92 Å². The van der Waals surface area contributed by atoms with Crippen LogP contribution in [0.2, 0.25) is 10.0 Å². The molecule has 226 valence electrons. The maximum Gasteiger partial charge on any atom is 0.264 e. The summed E-state index contributed by atoms with van der Waals surface area (Å²) in [5.41, 5.74) is 1.46. The molecule has 0 aromatic heterocycles. The fourth-order valence-corrected chi connectivity index (χ4v) is 6.11. The molecule has 2 amide bonds. The highest BCUT2D eigenvalue weighted by atomic mass is 35.5. The third kappa shape index (κ3) is 7.67. The van der Waals surface area contributed by atoms with E-state index >= 15 is 0 Å². The second-order valence-electron chi connectivity index (χ2n) is 9.93. The molecule has 0 unspecified atom stereocenters. The number of benzene rings is 3. The maximum atomic E-state index is 14.1. The predicted octanol–water partition coefficient (Wildman–Crippen LogP) is 5.46. The summed E-state index contributed by atoms with van der Waals surface area (Å²) in [6, 6.07) is 14.6. The van der Waals surface area contributed by atoms with Crippen LogP contribution in [0.15, 0.2) is 65.6 Å². The van der Waals surface area contributed by atoms with Gasteiger partial charge in [-0.3, -0.25) is 13.9 Å². The normalized spacial score (nSPS) is 12.0. The molecule has 0 aliphatic carbocycles. The van der Waals surface area contributed by atoms with E-state index in [1.54, 1.807) is 57.2 Å². The van der Waals surface area contributed by atoms with Gasteiger partial charge in [-0.05, 0) is 64.1 Å². The van der Waals surface area contributed by atoms with Crippen LogP contribution in [-0.2, 0) is 26.2 Å². The van der Waals surface area contributed by atoms with Crippen molar-refractivity contribution in [2.24, 2.45) is 0 Å². The number of aryl methyl sites for hydroxylation is 1. The van der Waals surface area contributed by atoms with E-state index in [4.69, 9.17) is 32.7 Å². The molecule has 3 rings (SSSR count). The highest BCUT2D eigenvalue weighted by Crippen LogP contribution is 2.34. The van der Waals surface area contributed by atoms with Crippen LogP contribution < -0.4 is 19.1 Å². The summed E-state index contributed by atoms with van der Waals surface area (Å²) in [7, 11) is -1.37. The van der Waals surface area contributed by atoms with Crippen LogP contribution in [0.1, 0.15) is 31.9 Å². The number of methoxy groups -OCH3 is 2. The van der Waals surface area contributed by atoms with E-state index in [0.717, 1.165) is 9.87 Å². The van der Waals surface area contributed by atoms with Crippen molar-refractivity contribution in [3.8, 4) is 11.5 Å². The molecule has 0 aliphatic rings. The Labute approximate surface area is 257 Å². The molecule has 3 aromatic carbocycles. The molecule has 0 spiro atoms. The molecular formula is C30H35Cl2N3O6S. The van der Waals surface area contributed by atoms with Gasteiger partial charge in [-0.25, -0.2) is 8.42 Å². The van der Waals surface area contributed by atoms with Crippen molar-refractivity contribution >= 4 is 50.7 Å². The number of amides is 2. The van der Waals surface area contributed by atoms with Crippen molar-refractivity contribution in [1.29, 1.82) is 0 Å². The molecule has 0 radical (unpaired) electrons. The molecule has 9 nitrogen and oxygen atoms in total. The zero-order valence-corrected chi connectivity index (χ0v) is 26.7. The Balaban J connectivity index is 2.13. The number of ether oxygens (including phenoxy) is 2. The summed E-state index contributed by atoms with van der Waals surface area (Å²) in [4.78, 5) is 28.4. The van der Waals surface area contributed by atoms with Crippen molar-refractivity contribution in [3.63, 3.8) is 0 Å². The van der Waals surface area contributed by atoms with E-state index in [0.29, 0.717) is 21.4 Å². The summed E-state index contributed by atoms with van der Waals surface area (Å²) < 4.78 is 39.8. The fraction of sp³-hybridized carbons (Fsp3) is 0.333. The van der Waals surface area contributed by atoms with Crippen molar-refractivity contribution in [1.82, 2.24) is 10.2 Å². The largest absolute Gasteiger partial charge is 0.493 e. The van der Waals surface area contributed by atoms with Gasteiger partial charge in [0.05, 0.1) is 24.8 Å². The number of nitrogens with one attached hydrogen (secondary N) is 1. The van der Waals surface area contributed by atoms with Crippen molar-refractivity contribution in [2.45, 2.75) is 51.2 Å². The lowest BCUT2D eigenvalue weighted by molar-refractivity contribution is -0.139. The molecule has 1 atom stereocenters. The zero-order valence-electron chi connectivity index (χ0n) is 24.4. The quantitative estimate of drug-likeness (QED) is 0.283. The number of rotatable bonds is 12. The number of anilines is 1. The zero-order chi connectivity index (χ0) is 31.2. The average Bonchev–Trinajstić information content (AvgIpc) is 2.94.